The molecule has 18 N–H and O–H groups in total. The number of rotatable bonds is 30. The second-order valence-electron chi connectivity index (χ2n) is 19.7. The number of β-amino-alcohol motifs (C(OH)–C–C–N with tert-alkyl or cyclic N) is 1. The van der Waals surface area contributed by atoms with Gasteiger partial charge in [-0.25, -0.2) is 4.79 Å². The highest BCUT2D eigenvalue weighted by Crippen LogP contribution is 2.26. The molecule has 0 radical (unpaired) electrons. The van der Waals surface area contributed by atoms with Gasteiger partial charge in [0.1, 0.15) is 42.3 Å². The van der Waals surface area contributed by atoms with E-state index in [-0.39, 0.29) is 101 Å². The summed E-state index contributed by atoms with van der Waals surface area (Å²) in [5.74, 6) is -7.69. The molecule has 0 spiro atoms. The molecule has 2 aliphatic heterocycles. The third-order valence-corrected chi connectivity index (χ3v) is 13.3. The molecule has 0 aliphatic carbocycles. The first-order valence-electron chi connectivity index (χ1n) is 25.9. The number of nitrogens with one attached hydrogen (secondary N) is 6. The Bertz CT molecular complexity index is 2430. The number of aliphatic carboxylic acids is 1. The quantitative estimate of drug-likeness (QED) is 0.0156. The summed E-state index contributed by atoms with van der Waals surface area (Å²) < 4.78 is 0. The minimum atomic E-state index is -1.35. The van der Waals surface area contributed by atoms with Gasteiger partial charge < -0.3 is 80.6 Å². The Hall–Kier alpha value is -7.52. The lowest BCUT2D eigenvalue weighted by atomic mass is 10.0. The third kappa shape index (κ3) is 20.5. The van der Waals surface area contributed by atoms with E-state index in [4.69, 9.17) is 28.7 Å². The number of carbonyl (C=O) groups excluding carboxylic acids is 8. The van der Waals surface area contributed by atoms with Gasteiger partial charge in [-0.2, -0.15) is 12.6 Å². The van der Waals surface area contributed by atoms with Gasteiger partial charge in [0, 0.05) is 51.2 Å². The Morgan fingerprint density at radius 3 is 1.73 bits per heavy atom. The average Bonchev–Trinajstić information content (AvgIpc) is 4.07. The van der Waals surface area contributed by atoms with Crippen LogP contribution in [0.1, 0.15) is 76.3 Å². The Labute approximate surface area is 458 Å². The van der Waals surface area contributed by atoms with Crippen molar-refractivity contribution in [3.63, 3.8) is 0 Å². The standard InChI is InChI=1S/C51H77N15O11S/c1-29(2)22-37(49(76)77)63-44(71)36(24-31-14-7-4-8-15-31)62-45(72)38(28-78)64-43(70)35(23-30-12-5-3-6-13-30)60-41(68)26-59-46(73)40-25-32(67)27-66(40)48(75)39-18-11-21-65(39)47(74)34(17-10-20-58-51(55)56)61-42(69)33(52)16-9-19-57-50(53)54/h3-8,12-15,29,32-40,67,78H,9-11,16-28,52H2,1-2H3,(H,59,73)(H,60,68)(H,61,69)(H,62,72)(H,63,71)(H,64,70)(H,76,77)(H4,53,54,57)(H4,55,56,58)/t32-,33-,34+,35+,36-,37+,38+,39+,40+/m1/s1. The van der Waals surface area contributed by atoms with Crippen LogP contribution in [0.2, 0.25) is 0 Å². The molecule has 2 fully saturated rings. The second-order valence-corrected chi connectivity index (χ2v) is 20.1. The molecule has 428 valence electrons. The number of carboxylic acids is 1. The van der Waals surface area contributed by atoms with Crippen LogP contribution in [-0.4, -0.2) is 178 Å². The smallest absolute Gasteiger partial charge is 0.326 e. The maximum absolute atomic E-state index is 14.3. The maximum Gasteiger partial charge on any atom is 0.326 e. The van der Waals surface area contributed by atoms with Gasteiger partial charge in [0.2, 0.25) is 47.3 Å². The molecule has 9 atom stereocenters. The fourth-order valence-electron chi connectivity index (χ4n) is 9.03. The first-order valence-corrected chi connectivity index (χ1v) is 26.6. The van der Waals surface area contributed by atoms with Gasteiger partial charge in [-0.15, -0.1) is 0 Å². The van der Waals surface area contributed by atoms with Crippen LogP contribution in [0.5, 0.6) is 0 Å². The summed E-state index contributed by atoms with van der Waals surface area (Å²) in [6.07, 6.45) is 0.272. The highest BCUT2D eigenvalue weighted by molar-refractivity contribution is 7.80. The van der Waals surface area contributed by atoms with Crippen molar-refractivity contribution in [3.8, 4) is 0 Å². The maximum atomic E-state index is 14.3. The first-order chi connectivity index (χ1) is 37.1. The fraction of sp³-hybridized carbons (Fsp3) is 0.549. The molecule has 4 rings (SSSR count). The summed E-state index contributed by atoms with van der Waals surface area (Å²) >= 11 is 4.30. The van der Waals surface area contributed by atoms with Crippen LogP contribution in [0.4, 0.5) is 0 Å². The van der Waals surface area contributed by atoms with Crippen molar-refractivity contribution >= 4 is 77.8 Å². The van der Waals surface area contributed by atoms with E-state index in [9.17, 15) is 53.4 Å². The second kappa shape index (κ2) is 31.6. The van der Waals surface area contributed by atoms with Crippen molar-refractivity contribution in [1.29, 1.82) is 0 Å². The van der Waals surface area contributed by atoms with E-state index in [1.807, 2.05) is 0 Å². The molecule has 8 amide bonds. The number of aliphatic hydroxyl groups excluding tert-OH is 1. The summed E-state index contributed by atoms with van der Waals surface area (Å²) in [5, 5.41) is 36.2. The first kappa shape index (κ1) is 63.0. The van der Waals surface area contributed by atoms with Crippen molar-refractivity contribution in [2.24, 2.45) is 44.6 Å². The molecule has 2 aromatic carbocycles. The van der Waals surface area contributed by atoms with Crippen molar-refractivity contribution < 1.29 is 53.4 Å². The normalized spacial score (nSPS) is 18.2. The molecule has 78 heavy (non-hydrogen) atoms. The number of aliphatic hydroxyl groups is 1. The number of hydrogen-bond donors (Lipinski definition) is 14. The minimum absolute atomic E-state index is 0.0187. The number of benzene rings is 2. The van der Waals surface area contributed by atoms with Crippen molar-refractivity contribution in [1.82, 2.24) is 41.7 Å². The summed E-state index contributed by atoms with van der Waals surface area (Å²) in [6, 6.07) is 7.67. The van der Waals surface area contributed by atoms with Crippen molar-refractivity contribution in [2.75, 3.05) is 38.5 Å². The van der Waals surface area contributed by atoms with Crippen LogP contribution >= 0.6 is 12.6 Å². The number of nitrogens with zero attached hydrogens (tertiary/aromatic N) is 4. The van der Waals surface area contributed by atoms with Gasteiger partial charge in [0.05, 0.1) is 18.7 Å². The molecule has 0 unspecified atom stereocenters. The number of hydrogen-bond acceptors (Lipinski definition) is 14. The number of likely N-dealkylation sites (tertiary alicyclic amines) is 2. The van der Waals surface area contributed by atoms with Gasteiger partial charge >= 0.3 is 5.97 Å². The molecule has 0 bridgehead atoms. The zero-order chi connectivity index (χ0) is 57.5. The summed E-state index contributed by atoms with van der Waals surface area (Å²) in [7, 11) is 0. The molecule has 2 saturated heterocycles. The van der Waals surface area contributed by atoms with Crippen LogP contribution in [0.15, 0.2) is 70.6 Å². The van der Waals surface area contributed by atoms with Gasteiger partial charge in [-0.05, 0) is 62.0 Å². The summed E-state index contributed by atoms with van der Waals surface area (Å²) in [4.78, 5) is 133. The lowest BCUT2D eigenvalue weighted by Gasteiger charge is -2.33. The molecular weight excluding hydrogens is 1030 g/mol. The number of nitrogens with two attached hydrogens (primary N) is 5. The van der Waals surface area contributed by atoms with Gasteiger partial charge in [-0.1, -0.05) is 74.5 Å². The van der Waals surface area contributed by atoms with Crippen LogP contribution in [-0.2, 0) is 56.0 Å². The largest absolute Gasteiger partial charge is 0.480 e. The topological polar surface area (TPSA) is 428 Å². The highest BCUT2D eigenvalue weighted by atomic mass is 32.1. The van der Waals surface area contributed by atoms with Crippen molar-refractivity contribution in [2.45, 2.75) is 132 Å². The Balaban J connectivity index is 1.45. The average molecular weight is 1110 g/mol. The summed E-state index contributed by atoms with van der Waals surface area (Å²) in [6.45, 7) is 3.19. The molecule has 2 heterocycles. The number of amides is 8. The van der Waals surface area contributed by atoms with Crippen LogP contribution in [0, 0.1) is 5.92 Å². The summed E-state index contributed by atoms with van der Waals surface area (Å²) in [5.41, 5.74) is 29.1. The van der Waals surface area contributed by atoms with E-state index < -0.39 is 114 Å². The Kier molecular flexibility index (Phi) is 25.6. The highest BCUT2D eigenvalue weighted by Gasteiger charge is 2.46. The number of guanidine groups is 2. The Morgan fingerprint density at radius 2 is 1.19 bits per heavy atom. The van der Waals surface area contributed by atoms with Gasteiger partial charge in [0.15, 0.2) is 11.9 Å². The number of aliphatic imine (C=N–C) groups is 2. The molecule has 0 aromatic heterocycles. The number of carbonyl (C=O) groups is 9. The van der Waals surface area contributed by atoms with E-state index in [0.29, 0.717) is 24.0 Å². The van der Waals surface area contributed by atoms with Gasteiger partial charge in [0.25, 0.3) is 0 Å². The minimum Gasteiger partial charge on any atom is -0.480 e. The van der Waals surface area contributed by atoms with Crippen molar-refractivity contribution in [3.05, 3.63) is 71.8 Å². The van der Waals surface area contributed by atoms with Gasteiger partial charge in [-0.3, -0.25) is 48.3 Å². The third-order valence-electron chi connectivity index (χ3n) is 13.0. The van der Waals surface area contributed by atoms with E-state index >= 15 is 0 Å². The zero-order valence-electron chi connectivity index (χ0n) is 44.1. The van der Waals surface area contributed by atoms with Crippen LogP contribution < -0.4 is 60.6 Å². The molecule has 2 aromatic rings. The van der Waals surface area contributed by atoms with Crippen LogP contribution in [0.25, 0.3) is 0 Å². The number of thiol groups is 1. The van der Waals surface area contributed by atoms with E-state index in [0.717, 1.165) is 4.90 Å². The lowest BCUT2D eigenvalue weighted by molar-refractivity contribution is -0.148. The van der Waals surface area contributed by atoms with E-state index in [1.165, 1.54) is 4.90 Å². The molecule has 27 heteroatoms. The lowest BCUT2D eigenvalue weighted by Crippen LogP contribution is -2.59. The SMILES string of the molecule is CC(C)C[C@H](NC(=O)[C@@H](Cc1ccccc1)NC(=O)[C@H](CS)NC(=O)[C@H](Cc1ccccc1)NC(=O)CNC(=O)[C@@H]1C[C@@H](O)CN1C(=O)[C@@H]1CCCN1C(=O)[C@H](CCCN=C(N)N)NC(=O)[C@H](N)CCCN=C(N)N)C(=O)O. The number of carboxylic acid groups (broad SMARTS) is 1. The molecular formula is C51H77N15O11S. The molecule has 26 nitrogen and oxygen atoms in total. The van der Waals surface area contributed by atoms with E-state index in [1.54, 1.807) is 74.5 Å². The zero-order valence-corrected chi connectivity index (χ0v) is 44.9. The predicted molar refractivity (Wildman–Crippen MR) is 293 cm³/mol. The molecule has 0 saturated carbocycles. The van der Waals surface area contributed by atoms with E-state index in [2.05, 4.69) is 54.5 Å². The monoisotopic (exact) mass is 1110 g/mol. The Morgan fingerprint density at radius 1 is 0.679 bits per heavy atom. The molecule has 2 aliphatic rings. The predicted octanol–water partition coefficient (Wildman–Crippen LogP) is -3.54. The van der Waals surface area contributed by atoms with Crippen LogP contribution in [0.3, 0.4) is 0 Å². The fourth-order valence-corrected chi connectivity index (χ4v) is 9.28.